The molecule has 5 nitrogen and oxygen atoms in total. The fourth-order valence-electron chi connectivity index (χ4n) is 3.75. The normalized spacial score (nSPS) is 11.2. The van der Waals surface area contributed by atoms with Gasteiger partial charge in [-0.1, -0.05) is 110 Å². The minimum atomic E-state index is -0.105. The number of rotatable bonds is 28. The van der Waals surface area contributed by atoms with Crippen molar-refractivity contribution in [3.63, 3.8) is 0 Å². The molecule has 0 saturated heterocycles. The summed E-state index contributed by atoms with van der Waals surface area (Å²) in [5.74, 6) is -0.105. The molecule has 0 amide bonds. The average molecular weight is 473 g/mol. The quantitative estimate of drug-likeness (QED) is 0.0865. The lowest BCUT2D eigenvalue weighted by molar-refractivity contribution is -0.145. The fraction of sp³-hybridized carbons (Fsp3) is 0.964. The Morgan fingerprint density at radius 2 is 0.788 bits per heavy atom. The summed E-state index contributed by atoms with van der Waals surface area (Å²) in [6, 6.07) is 0. The first-order chi connectivity index (χ1) is 16.3. The van der Waals surface area contributed by atoms with Crippen LogP contribution in [0.1, 0.15) is 129 Å². The standard InChI is InChI=1S/C28H56O5/c1-3-5-7-9-11-13-14-16-18-20-28(29)33-27-26-32-25-24-31-23-22-30-21-19-17-15-12-10-8-6-4-2/h3-27H2,1-2H3. The molecule has 0 N–H and O–H groups in total. The van der Waals surface area contributed by atoms with E-state index in [-0.39, 0.29) is 5.97 Å². The Morgan fingerprint density at radius 3 is 1.27 bits per heavy atom. The Kier molecular flexibility index (Phi) is 28.8. The van der Waals surface area contributed by atoms with Gasteiger partial charge in [-0.3, -0.25) is 4.79 Å². The van der Waals surface area contributed by atoms with Crippen LogP contribution >= 0.6 is 0 Å². The largest absolute Gasteiger partial charge is 0.463 e. The lowest BCUT2D eigenvalue weighted by atomic mass is 10.1. The summed E-state index contributed by atoms with van der Waals surface area (Å²) in [5.41, 5.74) is 0. The molecule has 0 aliphatic carbocycles. The molecule has 5 heteroatoms. The van der Waals surface area contributed by atoms with Gasteiger partial charge in [-0.15, -0.1) is 0 Å². The zero-order valence-corrected chi connectivity index (χ0v) is 22.2. The first-order valence-corrected chi connectivity index (χ1v) is 14.2. The summed E-state index contributed by atoms with van der Waals surface area (Å²) < 4.78 is 21.8. The van der Waals surface area contributed by atoms with Crippen molar-refractivity contribution in [3.8, 4) is 0 Å². The van der Waals surface area contributed by atoms with Crippen molar-refractivity contribution >= 4 is 5.97 Å². The molecule has 0 aromatic heterocycles. The molecule has 0 aliphatic heterocycles. The maximum Gasteiger partial charge on any atom is 0.305 e. The molecule has 0 spiro atoms. The Hall–Kier alpha value is -0.650. The van der Waals surface area contributed by atoms with E-state index in [2.05, 4.69) is 13.8 Å². The van der Waals surface area contributed by atoms with E-state index in [1.165, 1.54) is 89.9 Å². The number of unbranched alkanes of at least 4 members (excludes halogenated alkanes) is 15. The molecule has 0 aromatic carbocycles. The summed E-state index contributed by atoms with van der Waals surface area (Å²) >= 11 is 0. The molecule has 0 fully saturated rings. The van der Waals surface area contributed by atoms with Crippen LogP contribution in [0.3, 0.4) is 0 Å². The average Bonchev–Trinajstić information content (AvgIpc) is 2.82. The van der Waals surface area contributed by atoms with E-state index in [0.29, 0.717) is 46.1 Å². The Balaban J connectivity index is 3.12. The van der Waals surface area contributed by atoms with E-state index in [1.54, 1.807) is 0 Å². The van der Waals surface area contributed by atoms with Crippen LogP contribution < -0.4 is 0 Å². The van der Waals surface area contributed by atoms with Crippen molar-refractivity contribution in [2.75, 3.05) is 46.2 Å². The first-order valence-electron chi connectivity index (χ1n) is 14.2. The van der Waals surface area contributed by atoms with E-state index in [9.17, 15) is 4.79 Å². The van der Waals surface area contributed by atoms with Gasteiger partial charge >= 0.3 is 5.97 Å². The molecule has 0 bridgehead atoms. The van der Waals surface area contributed by atoms with E-state index in [1.807, 2.05) is 0 Å². The van der Waals surface area contributed by atoms with Crippen LogP contribution in [0.5, 0.6) is 0 Å². The lowest BCUT2D eigenvalue weighted by Gasteiger charge is -2.08. The zero-order valence-electron chi connectivity index (χ0n) is 22.2. The molecule has 0 radical (unpaired) electrons. The maximum atomic E-state index is 11.7. The van der Waals surface area contributed by atoms with Gasteiger partial charge in [0.1, 0.15) is 6.61 Å². The predicted molar refractivity (Wildman–Crippen MR) is 138 cm³/mol. The van der Waals surface area contributed by atoms with Crippen molar-refractivity contribution in [1.29, 1.82) is 0 Å². The molecule has 0 rings (SSSR count). The van der Waals surface area contributed by atoms with Crippen LogP contribution in [0.25, 0.3) is 0 Å². The van der Waals surface area contributed by atoms with Crippen LogP contribution in [0, 0.1) is 0 Å². The fourth-order valence-corrected chi connectivity index (χ4v) is 3.75. The SMILES string of the molecule is CCCCCCCCCCCC(=O)OCCOCCOCCOCCCCCCCCCC. The molecule has 0 atom stereocenters. The third kappa shape index (κ3) is 29.3. The van der Waals surface area contributed by atoms with Gasteiger partial charge in [0.05, 0.1) is 33.0 Å². The highest BCUT2D eigenvalue weighted by Crippen LogP contribution is 2.11. The molecule has 0 aromatic rings. The van der Waals surface area contributed by atoms with Crippen LogP contribution in [-0.4, -0.2) is 52.2 Å². The minimum absolute atomic E-state index is 0.105. The number of carbonyl (C=O) groups is 1. The molecular formula is C28H56O5. The van der Waals surface area contributed by atoms with E-state index < -0.39 is 0 Å². The maximum absolute atomic E-state index is 11.7. The summed E-state index contributed by atoms with van der Waals surface area (Å²) in [6.45, 7) is 8.42. The van der Waals surface area contributed by atoms with Gasteiger partial charge in [0, 0.05) is 13.0 Å². The third-order valence-electron chi connectivity index (χ3n) is 5.86. The van der Waals surface area contributed by atoms with Crippen molar-refractivity contribution in [2.45, 2.75) is 129 Å². The third-order valence-corrected chi connectivity index (χ3v) is 5.86. The van der Waals surface area contributed by atoms with Gasteiger partial charge in [0.15, 0.2) is 0 Å². The highest BCUT2D eigenvalue weighted by Gasteiger charge is 2.02. The molecule has 0 unspecified atom stereocenters. The van der Waals surface area contributed by atoms with Crippen molar-refractivity contribution in [2.24, 2.45) is 0 Å². The van der Waals surface area contributed by atoms with Crippen LogP contribution in [-0.2, 0) is 23.7 Å². The molecule has 0 saturated carbocycles. The Labute approximate surface area is 205 Å². The summed E-state index contributed by atoms with van der Waals surface area (Å²) in [7, 11) is 0. The number of carbonyl (C=O) groups excluding carboxylic acids is 1. The zero-order chi connectivity index (χ0) is 24.1. The minimum Gasteiger partial charge on any atom is -0.463 e. The van der Waals surface area contributed by atoms with Crippen LogP contribution in [0.15, 0.2) is 0 Å². The molecule has 0 aliphatic rings. The van der Waals surface area contributed by atoms with Gasteiger partial charge in [-0.2, -0.15) is 0 Å². The first kappa shape index (κ1) is 32.4. The van der Waals surface area contributed by atoms with Gasteiger partial charge in [-0.05, 0) is 12.8 Å². The van der Waals surface area contributed by atoms with E-state index >= 15 is 0 Å². The van der Waals surface area contributed by atoms with E-state index in [0.717, 1.165) is 25.9 Å². The topological polar surface area (TPSA) is 54.0 Å². The van der Waals surface area contributed by atoms with Crippen molar-refractivity contribution in [1.82, 2.24) is 0 Å². The van der Waals surface area contributed by atoms with Gasteiger partial charge in [0.2, 0.25) is 0 Å². The second-order valence-electron chi connectivity index (χ2n) is 9.11. The van der Waals surface area contributed by atoms with Crippen molar-refractivity contribution < 1.29 is 23.7 Å². The van der Waals surface area contributed by atoms with Gasteiger partial charge < -0.3 is 18.9 Å². The Bertz CT molecular complexity index is 375. The predicted octanol–water partition coefficient (Wildman–Crippen LogP) is 7.64. The van der Waals surface area contributed by atoms with Crippen LogP contribution in [0.2, 0.25) is 0 Å². The molecule has 198 valence electrons. The lowest BCUT2D eigenvalue weighted by Crippen LogP contribution is -2.14. The summed E-state index contributed by atoms with van der Waals surface area (Å²) in [4.78, 5) is 11.7. The van der Waals surface area contributed by atoms with Gasteiger partial charge in [-0.25, -0.2) is 0 Å². The summed E-state index contributed by atoms with van der Waals surface area (Å²) in [5, 5.41) is 0. The van der Waals surface area contributed by atoms with Crippen molar-refractivity contribution in [3.05, 3.63) is 0 Å². The summed E-state index contributed by atoms with van der Waals surface area (Å²) in [6.07, 6.45) is 22.4. The molecule has 33 heavy (non-hydrogen) atoms. The highest BCUT2D eigenvalue weighted by molar-refractivity contribution is 5.69. The van der Waals surface area contributed by atoms with E-state index in [4.69, 9.17) is 18.9 Å². The number of esters is 1. The second-order valence-corrected chi connectivity index (χ2v) is 9.11. The van der Waals surface area contributed by atoms with Crippen LogP contribution in [0.4, 0.5) is 0 Å². The highest BCUT2D eigenvalue weighted by atomic mass is 16.6. The number of hydrogen-bond donors (Lipinski definition) is 0. The number of hydrogen-bond acceptors (Lipinski definition) is 5. The number of ether oxygens (including phenoxy) is 4. The smallest absolute Gasteiger partial charge is 0.305 e. The monoisotopic (exact) mass is 472 g/mol. The second kappa shape index (κ2) is 29.4. The Morgan fingerprint density at radius 1 is 0.424 bits per heavy atom. The van der Waals surface area contributed by atoms with Gasteiger partial charge in [0.25, 0.3) is 0 Å². The molecular weight excluding hydrogens is 416 g/mol. The molecule has 0 heterocycles.